The van der Waals surface area contributed by atoms with Crippen molar-refractivity contribution in [3.05, 3.63) is 28.2 Å². The molecule has 2 aromatic rings. The van der Waals surface area contributed by atoms with Gasteiger partial charge in [-0.3, -0.25) is 0 Å². The summed E-state index contributed by atoms with van der Waals surface area (Å²) >= 11 is 0. The maximum absolute atomic E-state index is 11.7. The minimum atomic E-state index is -1.34. The van der Waals surface area contributed by atoms with Crippen molar-refractivity contribution in [3.63, 3.8) is 0 Å². The number of nitrogens with zero attached hydrogens (tertiary/aromatic N) is 3. The summed E-state index contributed by atoms with van der Waals surface area (Å²) in [6, 6.07) is 0. The summed E-state index contributed by atoms with van der Waals surface area (Å²) in [6.07, 6.45) is 2.25. The smallest absolute Gasteiger partial charge is 0.354 e. The number of aliphatic carboxylic acids is 3. The van der Waals surface area contributed by atoms with Gasteiger partial charge < -0.3 is 20.3 Å². The maximum atomic E-state index is 11.7. The van der Waals surface area contributed by atoms with Crippen molar-refractivity contribution in [3.8, 4) is 0 Å². The topological polar surface area (TPSA) is 165 Å². The molecule has 25 heavy (non-hydrogen) atoms. The zero-order valence-corrected chi connectivity index (χ0v) is 12.3. The summed E-state index contributed by atoms with van der Waals surface area (Å²) in [5, 5.41) is 28.2. The number of H-pyrrole nitrogens is 1. The lowest BCUT2D eigenvalue weighted by Crippen LogP contribution is -2.36. The first-order chi connectivity index (χ1) is 11.9. The number of carboxylic acids is 3. The quantitative estimate of drug-likeness (QED) is 0.580. The van der Waals surface area contributed by atoms with Gasteiger partial charge in [0.05, 0.1) is 22.8 Å². The Morgan fingerprint density at radius 1 is 1.04 bits per heavy atom. The molecule has 0 radical (unpaired) electrons. The number of carboxylic acid groups (broad SMARTS) is 3. The van der Waals surface area contributed by atoms with E-state index in [0.29, 0.717) is 11.1 Å². The summed E-state index contributed by atoms with van der Waals surface area (Å²) in [5.41, 5.74) is 0.303. The average Bonchev–Trinajstić information content (AvgIpc) is 3.20. The second-order valence-electron chi connectivity index (χ2n) is 5.38. The lowest BCUT2D eigenvalue weighted by Gasteiger charge is -2.12. The number of rotatable bonds is 3. The van der Waals surface area contributed by atoms with Crippen LogP contribution in [0.4, 0.5) is 5.69 Å². The summed E-state index contributed by atoms with van der Waals surface area (Å²) in [5.74, 6) is -3.93. The largest absolute Gasteiger partial charge is 0.478 e. The lowest BCUT2D eigenvalue weighted by molar-refractivity contribution is -0.133. The van der Waals surface area contributed by atoms with Crippen molar-refractivity contribution >= 4 is 52.0 Å². The third-order valence-electron chi connectivity index (χ3n) is 3.99. The van der Waals surface area contributed by atoms with Gasteiger partial charge in [0, 0.05) is 17.2 Å². The summed E-state index contributed by atoms with van der Waals surface area (Å²) in [7, 11) is 0. The summed E-state index contributed by atoms with van der Waals surface area (Å²) in [6.45, 7) is 0. The number of aliphatic imine (C=N–C) groups is 1. The Bertz CT molecular complexity index is 1200. The molecule has 124 valence electrons. The first-order valence-corrected chi connectivity index (χ1v) is 6.98. The number of nitrogens with one attached hydrogen (secondary N) is 1. The highest BCUT2D eigenvalue weighted by Gasteiger charge is 2.29. The van der Waals surface area contributed by atoms with Gasteiger partial charge in [-0.15, -0.1) is 0 Å². The Hall–Kier alpha value is -3.82. The van der Waals surface area contributed by atoms with Gasteiger partial charge in [-0.2, -0.15) is 0 Å². The summed E-state index contributed by atoms with van der Waals surface area (Å²) < 4.78 is 0. The zero-order valence-electron chi connectivity index (χ0n) is 12.3. The van der Waals surface area contributed by atoms with Crippen LogP contribution in [0, 0.1) is 0 Å². The third kappa shape index (κ3) is 1.97. The van der Waals surface area contributed by atoms with Crippen LogP contribution >= 0.6 is 0 Å². The minimum absolute atomic E-state index is 0.0554. The molecule has 0 amide bonds. The molecule has 0 unspecified atom stereocenters. The second-order valence-corrected chi connectivity index (χ2v) is 5.38. The Morgan fingerprint density at radius 3 is 2.44 bits per heavy atom. The number of imidazole rings is 1. The molecule has 4 N–H and O–H groups in total. The van der Waals surface area contributed by atoms with Gasteiger partial charge >= 0.3 is 17.9 Å². The van der Waals surface area contributed by atoms with Crippen molar-refractivity contribution in [1.82, 2.24) is 9.97 Å². The Morgan fingerprint density at radius 2 is 1.80 bits per heavy atom. The first kappa shape index (κ1) is 14.8. The van der Waals surface area contributed by atoms with Gasteiger partial charge in [-0.1, -0.05) is 0 Å². The molecule has 0 saturated heterocycles. The molecule has 0 aliphatic carbocycles. The SMILES string of the molecule is O=C(O)C1=Cc2c(c3c(c4nc[nH]c24)N=C(C(=O)O)CC=3C(=O)O)=N1. The van der Waals surface area contributed by atoms with E-state index >= 15 is 0 Å². The van der Waals surface area contributed by atoms with Gasteiger partial charge in [0.1, 0.15) is 22.6 Å². The predicted octanol–water partition coefficient (Wildman–Crippen LogP) is -0.582. The highest BCUT2D eigenvalue weighted by molar-refractivity contribution is 6.40. The molecule has 0 spiro atoms. The second kappa shape index (κ2) is 4.84. The van der Waals surface area contributed by atoms with Crippen LogP contribution in [0.15, 0.2) is 22.0 Å². The van der Waals surface area contributed by atoms with Crippen LogP contribution in [0.2, 0.25) is 0 Å². The third-order valence-corrected chi connectivity index (χ3v) is 3.99. The van der Waals surface area contributed by atoms with Gasteiger partial charge in [0.2, 0.25) is 0 Å². The molecule has 1 aromatic carbocycles. The van der Waals surface area contributed by atoms with Crippen LogP contribution in [-0.4, -0.2) is 48.9 Å². The number of benzene rings is 1. The van der Waals surface area contributed by atoms with E-state index in [1.54, 1.807) is 0 Å². The van der Waals surface area contributed by atoms with E-state index in [1.807, 2.05) is 0 Å². The van der Waals surface area contributed by atoms with Crippen LogP contribution < -0.4 is 10.6 Å². The standard InChI is InChI=1S/C15H8N4O6/c20-13(21)4-1-6(14(22)23)19-11-8(4)9-5(2-7(18-9)15(24)25)10-12(11)17-3-16-10/h2-3H,1H2,(H,16,17)(H,20,21)(H,22,23)(H,24,25). The van der Waals surface area contributed by atoms with E-state index in [0.717, 1.165) is 0 Å². The van der Waals surface area contributed by atoms with Crippen molar-refractivity contribution < 1.29 is 29.7 Å². The van der Waals surface area contributed by atoms with E-state index in [9.17, 15) is 29.7 Å². The number of hydrogen-bond acceptors (Lipinski definition) is 6. The van der Waals surface area contributed by atoms with Gasteiger partial charge in [0.15, 0.2) is 0 Å². The number of carbonyl (C=O) groups is 3. The molecule has 2 aliphatic rings. The molecular weight excluding hydrogens is 332 g/mol. The maximum Gasteiger partial charge on any atom is 0.354 e. The Kier molecular flexibility index (Phi) is 2.85. The molecule has 4 rings (SSSR count). The van der Waals surface area contributed by atoms with Crippen molar-refractivity contribution in [2.24, 2.45) is 9.98 Å². The first-order valence-electron chi connectivity index (χ1n) is 6.98. The van der Waals surface area contributed by atoms with Crippen molar-refractivity contribution in [1.29, 1.82) is 0 Å². The van der Waals surface area contributed by atoms with Gasteiger partial charge in [0.25, 0.3) is 0 Å². The van der Waals surface area contributed by atoms with Crippen molar-refractivity contribution in [2.45, 2.75) is 6.42 Å². The van der Waals surface area contributed by atoms with E-state index in [2.05, 4.69) is 20.0 Å². The molecule has 0 atom stereocenters. The lowest BCUT2D eigenvalue weighted by atomic mass is 9.98. The highest BCUT2D eigenvalue weighted by Crippen LogP contribution is 2.28. The normalized spacial score (nSPS) is 15.1. The number of fused-ring (bicyclic) bond motifs is 6. The fourth-order valence-electron chi connectivity index (χ4n) is 2.95. The van der Waals surface area contributed by atoms with Crippen LogP contribution in [0.5, 0.6) is 0 Å². The monoisotopic (exact) mass is 340 g/mol. The summed E-state index contributed by atoms with van der Waals surface area (Å²) in [4.78, 5) is 49.2. The molecular formula is C15H8N4O6. The number of hydrogen-bond donors (Lipinski definition) is 4. The number of aromatic nitrogens is 2. The minimum Gasteiger partial charge on any atom is -0.478 e. The average molecular weight is 340 g/mol. The van der Waals surface area contributed by atoms with Gasteiger partial charge in [-0.25, -0.2) is 29.4 Å². The van der Waals surface area contributed by atoms with E-state index in [-0.39, 0.29) is 38.8 Å². The Balaban J connectivity index is 2.25. The van der Waals surface area contributed by atoms with E-state index < -0.39 is 24.3 Å². The molecule has 2 aliphatic heterocycles. The molecule has 10 heteroatoms. The molecule has 3 heterocycles. The Labute approximate surface area is 137 Å². The fraction of sp³-hybridized carbons (Fsp3) is 0.0667. The van der Waals surface area contributed by atoms with Gasteiger partial charge in [-0.05, 0) is 6.08 Å². The van der Waals surface area contributed by atoms with Crippen LogP contribution in [0.1, 0.15) is 12.0 Å². The van der Waals surface area contributed by atoms with Crippen molar-refractivity contribution in [2.75, 3.05) is 0 Å². The number of aromatic amines is 1. The van der Waals surface area contributed by atoms with Crippen LogP contribution in [0.25, 0.3) is 22.7 Å². The molecule has 0 bridgehead atoms. The molecule has 0 fully saturated rings. The van der Waals surface area contributed by atoms with Crippen LogP contribution in [0.3, 0.4) is 0 Å². The predicted molar refractivity (Wildman–Crippen MR) is 82.9 cm³/mol. The fourth-order valence-corrected chi connectivity index (χ4v) is 2.95. The van der Waals surface area contributed by atoms with E-state index in [4.69, 9.17) is 0 Å². The van der Waals surface area contributed by atoms with E-state index in [1.165, 1.54) is 12.4 Å². The molecule has 10 nitrogen and oxygen atoms in total. The zero-order chi connectivity index (χ0) is 17.9. The highest BCUT2D eigenvalue weighted by atomic mass is 16.4. The molecule has 0 saturated carbocycles. The molecule has 1 aromatic heterocycles. The van der Waals surface area contributed by atoms with Crippen LogP contribution in [-0.2, 0) is 14.4 Å².